The van der Waals surface area contributed by atoms with Crippen LogP contribution >= 0.6 is 12.6 Å². The summed E-state index contributed by atoms with van der Waals surface area (Å²) in [6.45, 7) is 5.65. The van der Waals surface area contributed by atoms with Crippen LogP contribution in [0.15, 0.2) is 15.8 Å². The average Bonchev–Trinajstić information content (AvgIpc) is 2.68. The van der Waals surface area contributed by atoms with Gasteiger partial charge in [0.1, 0.15) is 6.10 Å². The first-order chi connectivity index (χ1) is 13.3. The summed E-state index contributed by atoms with van der Waals surface area (Å²) >= 11 is 4.03. The Kier molecular flexibility index (Phi) is 8.76. The maximum Gasteiger partial charge on any atom is 0.330 e. The molecule has 1 fully saturated rings. The number of hydrogen-bond donors (Lipinski definition) is 2. The van der Waals surface area contributed by atoms with E-state index in [2.05, 4.69) is 17.6 Å². The minimum atomic E-state index is -0.754. The minimum Gasteiger partial charge on any atom is -0.368 e. The number of aromatic amines is 1. The number of H-pyrrole nitrogens is 1. The molecular weight excluding hydrogens is 384 g/mol. The highest BCUT2D eigenvalue weighted by molar-refractivity contribution is 7.80. The number of nitrogens with zero attached hydrogens (tertiary/aromatic N) is 1. The van der Waals surface area contributed by atoms with Gasteiger partial charge < -0.3 is 18.9 Å². The van der Waals surface area contributed by atoms with Gasteiger partial charge >= 0.3 is 5.69 Å². The summed E-state index contributed by atoms with van der Waals surface area (Å²) in [4.78, 5) is 26.6. The monoisotopic (exact) mass is 416 g/mol. The molecule has 1 aromatic rings. The normalized spacial score (nSPS) is 19.9. The number of thiol groups is 1. The topological polar surface area (TPSA) is 91.8 Å². The van der Waals surface area contributed by atoms with E-state index < -0.39 is 29.4 Å². The Morgan fingerprint density at radius 1 is 1.25 bits per heavy atom. The van der Waals surface area contributed by atoms with Crippen molar-refractivity contribution in [2.75, 3.05) is 19.7 Å². The van der Waals surface area contributed by atoms with Gasteiger partial charge in [-0.2, -0.15) is 12.6 Å². The molecule has 2 rings (SSSR count). The third kappa shape index (κ3) is 5.93. The predicted molar refractivity (Wildman–Crippen MR) is 109 cm³/mol. The molecule has 0 aliphatic heterocycles. The number of aromatic nitrogens is 2. The highest BCUT2D eigenvalue weighted by Crippen LogP contribution is 2.35. The molecule has 1 aliphatic rings. The van der Waals surface area contributed by atoms with Crippen molar-refractivity contribution in [1.82, 2.24) is 9.55 Å². The zero-order chi connectivity index (χ0) is 20.7. The molecule has 0 radical (unpaired) electrons. The number of ether oxygens (including phenoxy) is 4. The highest BCUT2D eigenvalue weighted by Gasteiger charge is 2.38. The quantitative estimate of drug-likeness (QED) is 0.449. The molecule has 0 saturated heterocycles. The molecule has 0 bridgehead atoms. The molecule has 1 aromatic heterocycles. The molecule has 0 aromatic carbocycles. The summed E-state index contributed by atoms with van der Waals surface area (Å²) in [6.07, 6.45) is 4.71. The van der Waals surface area contributed by atoms with Crippen molar-refractivity contribution in [1.29, 1.82) is 0 Å². The van der Waals surface area contributed by atoms with Crippen molar-refractivity contribution in [3.05, 3.63) is 32.6 Å². The Labute approximate surface area is 170 Å². The Balaban J connectivity index is 2.30. The Hall–Kier alpha value is -1.13. The van der Waals surface area contributed by atoms with Gasteiger partial charge in [0, 0.05) is 31.7 Å². The number of aryl methyl sites for hydroxylation is 1. The number of rotatable bonds is 10. The fraction of sp³-hybridized carbons (Fsp3) is 0.789. The van der Waals surface area contributed by atoms with Crippen molar-refractivity contribution in [2.45, 2.75) is 77.1 Å². The zero-order valence-corrected chi connectivity index (χ0v) is 18.0. The molecule has 1 N–H and O–H groups in total. The molecule has 160 valence electrons. The second kappa shape index (κ2) is 10.6. The maximum atomic E-state index is 12.5. The lowest BCUT2D eigenvalue weighted by Crippen LogP contribution is -2.46. The maximum absolute atomic E-state index is 12.5. The van der Waals surface area contributed by atoms with E-state index >= 15 is 0 Å². The van der Waals surface area contributed by atoms with E-state index in [0.717, 1.165) is 32.1 Å². The van der Waals surface area contributed by atoms with Crippen LogP contribution in [-0.2, 0) is 18.9 Å². The van der Waals surface area contributed by atoms with Gasteiger partial charge in [-0.05, 0) is 33.6 Å². The fourth-order valence-electron chi connectivity index (χ4n) is 3.53. The van der Waals surface area contributed by atoms with Crippen LogP contribution in [0.3, 0.4) is 0 Å². The minimum absolute atomic E-state index is 0.273. The second-order valence-electron chi connectivity index (χ2n) is 7.31. The average molecular weight is 417 g/mol. The Morgan fingerprint density at radius 2 is 1.93 bits per heavy atom. The zero-order valence-electron chi connectivity index (χ0n) is 17.1. The SMILES string of the molecule is COC1(O[C@@H](C)[C@@H](O[C@@H](C)COCS)n2cc(C)c(=O)[nH]c2=O)CCCCC1. The summed E-state index contributed by atoms with van der Waals surface area (Å²) < 4.78 is 24.8. The third-order valence-electron chi connectivity index (χ3n) is 5.03. The summed E-state index contributed by atoms with van der Waals surface area (Å²) in [7, 11) is 1.65. The first kappa shape index (κ1) is 23.2. The first-order valence-electron chi connectivity index (χ1n) is 9.71. The van der Waals surface area contributed by atoms with Gasteiger partial charge in [-0.3, -0.25) is 14.3 Å². The molecule has 28 heavy (non-hydrogen) atoms. The summed E-state index contributed by atoms with van der Waals surface area (Å²) in [5.41, 5.74) is -0.548. The van der Waals surface area contributed by atoms with Crippen LogP contribution in [0.2, 0.25) is 0 Å². The van der Waals surface area contributed by atoms with Gasteiger partial charge in [0.05, 0.1) is 18.6 Å². The number of hydrogen-bond acceptors (Lipinski definition) is 7. The summed E-state index contributed by atoms with van der Waals surface area (Å²) in [5, 5.41) is 0. The van der Waals surface area contributed by atoms with E-state index in [4.69, 9.17) is 18.9 Å². The van der Waals surface area contributed by atoms with Crippen molar-refractivity contribution in [3.63, 3.8) is 0 Å². The Morgan fingerprint density at radius 3 is 2.54 bits per heavy atom. The van der Waals surface area contributed by atoms with Crippen LogP contribution in [0.5, 0.6) is 0 Å². The molecule has 3 atom stereocenters. The molecule has 1 heterocycles. The Bertz CT molecular complexity index is 728. The van der Waals surface area contributed by atoms with Crippen LogP contribution in [0.4, 0.5) is 0 Å². The van der Waals surface area contributed by atoms with Gasteiger partial charge in [-0.15, -0.1) is 0 Å². The lowest BCUT2D eigenvalue weighted by atomic mass is 9.94. The van der Waals surface area contributed by atoms with Crippen LogP contribution in [0, 0.1) is 6.92 Å². The van der Waals surface area contributed by atoms with Crippen LogP contribution in [-0.4, -0.2) is 47.2 Å². The van der Waals surface area contributed by atoms with Gasteiger partial charge in [0.2, 0.25) is 0 Å². The van der Waals surface area contributed by atoms with E-state index in [1.807, 2.05) is 13.8 Å². The lowest BCUT2D eigenvalue weighted by molar-refractivity contribution is -0.285. The van der Waals surface area contributed by atoms with E-state index in [0.29, 0.717) is 12.2 Å². The molecule has 9 heteroatoms. The molecule has 0 amide bonds. The largest absolute Gasteiger partial charge is 0.368 e. The van der Waals surface area contributed by atoms with E-state index in [-0.39, 0.29) is 12.0 Å². The smallest absolute Gasteiger partial charge is 0.330 e. The molecule has 8 nitrogen and oxygen atoms in total. The predicted octanol–water partition coefficient (Wildman–Crippen LogP) is 2.36. The van der Waals surface area contributed by atoms with E-state index in [1.54, 1.807) is 14.0 Å². The highest BCUT2D eigenvalue weighted by atomic mass is 32.1. The summed E-state index contributed by atoms with van der Waals surface area (Å²) in [5.74, 6) is -0.417. The van der Waals surface area contributed by atoms with Crippen LogP contribution < -0.4 is 11.2 Å². The third-order valence-corrected chi connectivity index (χ3v) is 5.21. The second-order valence-corrected chi connectivity index (χ2v) is 7.57. The fourth-order valence-corrected chi connectivity index (χ4v) is 3.64. The molecule has 0 spiro atoms. The van der Waals surface area contributed by atoms with E-state index in [9.17, 15) is 9.59 Å². The van der Waals surface area contributed by atoms with Crippen molar-refractivity contribution in [3.8, 4) is 0 Å². The standard InChI is InChI=1S/C19H32N2O6S/c1-13-10-21(18(23)20-16(13)22)17(26-14(2)11-25-12-28)15(3)27-19(24-4)8-6-5-7-9-19/h10,14-15,17,28H,5-9,11-12H2,1-4H3,(H,20,22,23)/t14-,15-,17+/m0/s1. The molecule has 1 aliphatic carbocycles. The number of methoxy groups -OCH3 is 1. The van der Waals surface area contributed by atoms with Gasteiger partial charge in [-0.25, -0.2) is 4.79 Å². The van der Waals surface area contributed by atoms with E-state index in [1.165, 1.54) is 10.8 Å². The van der Waals surface area contributed by atoms with Crippen LogP contribution in [0.25, 0.3) is 0 Å². The molecular formula is C19H32N2O6S. The summed E-state index contributed by atoms with van der Waals surface area (Å²) in [6, 6.07) is 0. The number of nitrogens with one attached hydrogen (secondary N) is 1. The van der Waals surface area contributed by atoms with Gasteiger partial charge in [-0.1, -0.05) is 6.42 Å². The molecule has 0 unspecified atom stereocenters. The van der Waals surface area contributed by atoms with Crippen molar-refractivity contribution >= 4 is 12.6 Å². The first-order valence-corrected chi connectivity index (χ1v) is 10.3. The van der Waals surface area contributed by atoms with Crippen LogP contribution in [0.1, 0.15) is 57.7 Å². The van der Waals surface area contributed by atoms with Crippen molar-refractivity contribution < 1.29 is 18.9 Å². The van der Waals surface area contributed by atoms with Crippen molar-refractivity contribution in [2.24, 2.45) is 0 Å². The lowest BCUT2D eigenvalue weighted by Gasteiger charge is -2.40. The van der Waals surface area contributed by atoms with Gasteiger partial charge in [0.25, 0.3) is 5.56 Å². The molecule has 1 saturated carbocycles. The van der Waals surface area contributed by atoms with Gasteiger partial charge in [0.15, 0.2) is 12.0 Å².